The molecule has 0 amide bonds. The van der Waals surface area contributed by atoms with Crippen LogP contribution < -0.4 is 5.32 Å². The largest absolute Gasteiger partial charge is 0.383 e. The van der Waals surface area contributed by atoms with E-state index < -0.39 is 4.92 Å². The molecule has 96 valence electrons. The van der Waals surface area contributed by atoms with Crippen LogP contribution in [0.15, 0.2) is 16.8 Å². The summed E-state index contributed by atoms with van der Waals surface area (Å²) >= 11 is 0. The van der Waals surface area contributed by atoms with E-state index in [0.717, 1.165) is 25.8 Å². The maximum absolute atomic E-state index is 10.8. The molecule has 7 nitrogen and oxygen atoms in total. The summed E-state index contributed by atoms with van der Waals surface area (Å²) < 4.78 is 4.58. The molecular formula is C11H14N4O3. The monoisotopic (exact) mass is 250 g/mol. The first-order valence-corrected chi connectivity index (χ1v) is 5.87. The number of nitrogens with one attached hydrogen (secondary N) is 1. The lowest BCUT2D eigenvalue weighted by Gasteiger charge is -2.05. The normalized spacial score (nSPS) is 10.7. The lowest BCUT2D eigenvalue weighted by Crippen LogP contribution is -2.02. The number of anilines is 1. The lowest BCUT2D eigenvalue weighted by molar-refractivity contribution is -0.383. The van der Waals surface area contributed by atoms with E-state index in [2.05, 4.69) is 27.2 Å². The molecule has 0 aliphatic heterocycles. The summed E-state index contributed by atoms with van der Waals surface area (Å²) in [4.78, 5) is 10.3. The van der Waals surface area contributed by atoms with Crippen LogP contribution in [-0.2, 0) is 0 Å². The fourth-order valence-corrected chi connectivity index (χ4v) is 1.74. The minimum absolute atomic E-state index is 0.0923. The van der Waals surface area contributed by atoms with Crippen molar-refractivity contribution in [1.29, 1.82) is 0 Å². The van der Waals surface area contributed by atoms with E-state index in [1.54, 1.807) is 6.07 Å². The molecule has 2 aromatic rings. The number of nitro benzene ring substituents is 1. The molecule has 1 aromatic heterocycles. The Balaban J connectivity index is 2.22. The van der Waals surface area contributed by atoms with Crippen molar-refractivity contribution in [2.75, 3.05) is 11.9 Å². The van der Waals surface area contributed by atoms with Crippen LogP contribution in [-0.4, -0.2) is 21.8 Å². The number of non-ortho nitro benzene ring substituents is 1. The Morgan fingerprint density at radius 1 is 1.33 bits per heavy atom. The van der Waals surface area contributed by atoms with Crippen LogP contribution >= 0.6 is 0 Å². The summed E-state index contributed by atoms with van der Waals surface area (Å²) in [5.74, 6) is 0. The van der Waals surface area contributed by atoms with Gasteiger partial charge in [-0.15, -0.1) is 0 Å². The summed E-state index contributed by atoms with van der Waals surface area (Å²) in [5.41, 5.74) is 1.21. The highest BCUT2D eigenvalue weighted by Gasteiger charge is 2.19. The summed E-state index contributed by atoms with van der Waals surface area (Å²) in [6.07, 6.45) is 3.32. The van der Waals surface area contributed by atoms with E-state index in [1.807, 2.05) is 0 Å². The number of unbranched alkanes of at least 4 members (excludes halogenated alkanes) is 2. The van der Waals surface area contributed by atoms with Gasteiger partial charge < -0.3 is 5.32 Å². The molecule has 0 spiro atoms. The van der Waals surface area contributed by atoms with Crippen LogP contribution in [0, 0.1) is 10.1 Å². The molecule has 1 heterocycles. The van der Waals surface area contributed by atoms with Crippen LogP contribution in [0.5, 0.6) is 0 Å². The van der Waals surface area contributed by atoms with Crippen molar-refractivity contribution in [1.82, 2.24) is 10.3 Å². The Bertz CT molecular complexity index is 552. The Morgan fingerprint density at radius 3 is 2.83 bits per heavy atom. The van der Waals surface area contributed by atoms with Gasteiger partial charge in [-0.05, 0) is 22.8 Å². The third-order valence-corrected chi connectivity index (χ3v) is 2.69. The predicted molar refractivity (Wildman–Crippen MR) is 66.5 cm³/mol. The molecule has 1 N–H and O–H groups in total. The summed E-state index contributed by atoms with van der Waals surface area (Å²) in [5, 5.41) is 21.3. The maximum Gasteiger partial charge on any atom is 0.300 e. The van der Waals surface area contributed by atoms with Crippen molar-refractivity contribution in [2.24, 2.45) is 0 Å². The molecule has 0 radical (unpaired) electrons. The number of nitrogens with zero attached hydrogens (tertiary/aromatic N) is 3. The van der Waals surface area contributed by atoms with E-state index in [9.17, 15) is 10.1 Å². The van der Waals surface area contributed by atoms with Crippen molar-refractivity contribution < 1.29 is 9.55 Å². The molecule has 0 bridgehead atoms. The fraction of sp³-hybridized carbons (Fsp3) is 0.455. The van der Waals surface area contributed by atoms with Gasteiger partial charge in [0.2, 0.25) is 5.52 Å². The number of aromatic nitrogens is 2. The summed E-state index contributed by atoms with van der Waals surface area (Å²) in [6, 6.07) is 3.05. The maximum atomic E-state index is 10.8. The number of fused-ring (bicyclic) bond motifs is 1. The average molecular weight is 250 g/mol. The van der Waals surface area contributed by atoms with Crippen LogP contribution in [0.3, 0.4) is 0 Å². The minimum Gasteiger partial charge on any atom is -0.383 e. The quantitative estimate of drug-likeness (QED) is 0.481. The lowest BCUT2D eigenvalue weighted by atomic mass is 10.2. The Hall–Kier alpha value is -2.18. The van der Waals surface area contributed by atoms with Gasteiger partial charge in [-0.25, -0.2) is 4.63 Å². The van der Waals surface area contributed by atoms with Crippen molar-refractivity contribution >= 4 is 22.4 Å². The van der Waals surface area contributed by atoms with Gasteiger partial charge in [-0.3, -0.25) is 10.1 Å². The highest BCUT2D eigenvalue weighted by atomic mass is 16.6. The molecule has 0 aliphatic carbocycles. The zero-order chi connectivity index (χ0) is 13.0. The first-order chi connectivity index (χ1) is 8.74. The molecule has 0 fully saturated rings. The summed E-state index contributed by atoms with van der Waals surface area (Å²) in [7, 11) is 0. The first-order valence-electron chi connectivity index (χ1n) is 5.87. The van der Waals surface area contributed by atoms with Gasteiger partial charge in [0.1, 0.15) is 0 Å². The molecule has 0 unspecified atom stereocenters. The fourth-order valence-electron chi connectivity index (χ4n) is 1.74. The molecule has 0 saturated heterocycles. The SMILES string of the molecule is CCCCCNc1ccc([N+](=O)[O-])c2nonc12. The van der Waals surface area contributed by atoms with Crippen molar-refractivity contribution in [2.45, 2.75) is 26.2 Å². The predicted octanol–water partition coefficient (Wildman–Crippen LogP) is 2.73. The standard InChI is InChI=1S/C11H14N4O3/c1-2-3-4-7-12-8-5-6-9(15(16)17)11-10(8)13-18-14-11/h5-6,12H,2-4,7H2,1H3. The van der Waals surface area contributed by atoms with E-state index in [1.165, 1.54) is 6.07 Å². The van der Waals surface area contributed by atoms with Crippen LogP contribution in [0.1, 0.15) is 26.2 Å². The second-order valence-corrected chi connectivity index (χ2v) is 3.98. The second-order valence-electron chi connectivity index (χ2n) is 3.98. The van der Waals surface area contributed by atoms with Gasteiger partial charge in [-0.2, -0.15) is 0 Å². The summed E-state index contributed by atoms with van der Waals surface area (Å²) in [6.45, 7) is 2.93. The third kappa shape index (κ3) is 2.39. The van der Waals surface area contributed by atoms with Crippen LogP contribution in [0.25, 0.3) is 11.0 Å². The Morgan fingerprint density at radius 2 is 2.11 bits per heavy atom. The molecule has 0 saturated carbocycles. The van der Waals surface area contributed by atoms with E-state index in [4.69, 9.17) is 0 Å². The topological polar surface area (TPSA) is 94.1 Å². The number of benzene rings is 1. The average Bonchev–Trinajstić information content (AvgIpc) is 2.83. The third-order valence-electron chi connectivity index (χ3n) is 2.69. The molecule has 7 heteroatoms. The number of hydrogen-bond acceptors (Lipinski definition) is 6. The smallest absolute Gasteiger partial charge is 0.300 e. The molecule has 18 heavy (non-hydrogen) atoms. The molecule has 0 atom stereocenters. The zero-order valence-corrected chi connectivity index (χ0v) is 10.0. The van der Waals surface area contributed by atoms with Crippen molar-refractivity contribution in [3.8, 4) is 0 Å². The van der Waals surface area contributed by atoms with E-state index in [0.29, 0.717) is 11.2 Å². The molecular weight excluding hydrogens is 236 g/mol. The van der Waals surface area contributed by atoms with E-state index in [-0.39, 0.29) is 11.2 Å². The van der Waals surface area contributed by atoms with Gasteiger partial charge in [0.25, 0.3) is 0 Å². The number of rotatable bonds is 6. The van der Waals surface area contributed by atoms with Crippen LogP contribution in [0.2, 0.25) is 0 Å². The molecule has 0 aliphatic rings. The highest BCUT2D eigenvalue weighted by Crippen LogP contribution is 2.28. The number of hydrogen-bond donors (Lipinski definition) is 1. The van der Waals surface area contributed by atoms with Gasteiger partial charge >= 0.3 is 5.69 Å². The first kappa shape index (κ1) is 12.3. The zero-order valence-electron chi connectivity index (χ0n) is 10.0. The Kier molecular flexibility index (Phi) is 3.71. The van der Waals surface area contributed by atoms with Crippen molar-refractivity contribution in [3.63, 3.8) is 0 Å². The van der Waals surface area contributed by atoms with Gasteiger partial charge in [0.15, 0.2) is 5.52 Å². The van der Waals surface area contributed by atoms with Crippen molar-refractivity contribution in [3.05, 3.63) is 22.2 Å². The highest BCUT2D eigenvalue weighted by molar-refractivity contribution is 5.93. The minimum atomic E-state index is -0.493. The van der Waals surface area contributed by atoms with Gasteiger partial charge in [0, 0.05) is 12.6 Å². The molecule has 2 rings (SSSR count). The van der Waals surface area contributed by atoms with Gasteiger partial charge in [-0.1, -0.05) is 19.8 Å². The van der Waals surface area contributed by atoms with Gasteiger partial charge in [0.05, 0.1) is 10.6 Å². The number of nitro groups is 1. The Labute approximate surface area is 103 Å². The van der Waals surface area contributed by atoms with Crippen LogP contribution in [0.4, 0.5) is 11.4 Å². The van der Waals surface area contributed by atoms with E-state index >= 15 is 0 Å². The second kappa shape index (κ2) is 5.44. The molecule has 1 aromatic carbocycles.